The van der Waals surface area contributed by atoms with Crippen molar-refractivity contribution in [3.8, 4) is 5.75 Å². The summed E-state index contributed by atoms with van der Waals surface area (Å²) in [6.07, 6.45) is 0. The van der Waals surface area contributed by atoms with E-state index in [0.717, 1.165) is 11.3 Å². The van der Waals surface area contributed by atoms with Crippen molar-refractivity contribution in [3.05, 3.63) is 65.7 Å². The molecular weight excluding hydrogens is 238 g/mol. The molecule has 0 saturated heterocycles. The van der Waals surface area contributed by atoms with Crippen LogP contribution in [0.3, 0.4) is 0 Å². The van der Waals surface area contributed by atoms with Crippen molar-refractivity contribution >= 4 is 12.5 Å². The lowest BCUT2D eigenvalue weighted by molar-refractivity contribution is 0.100. The van der Waals surface area contributed by atoms with E-state index in [1.54, 1.807) is 24.3 Å². The third kappa shape index (κ3) is 3.78. The lowest BCUT2D eigenvalue weighted by Gasteiger charge is -2.06. The van der Waals surface area contributed by atoms with Crippen LogP contribution < -0.4 is 4.74 Å². The van der Waals surface area contributed by atoms with Crippen molar-refractivity contribution in [1.82, 2.24) is 0 Å². The first-order valence-electron chi connectivity index (χ1n) is 6.02. The van der Waals surface area contributed by atoms with E-state index in [2.05, 4.69) is 11.7 Å². The number of carbonyl (C=O) groups excluding carboxylic acids is 1. The molecule has 3 nitrogen and oxygen atoms in total. The largest absolute Gasteiger partial charge is 0.489 e. The first-order chi connectivity index (χ1) is 9.29. The van der Waals surface area contributed by atoms with E-state index in [1.165, 1.54) is 0 Å². The van der Waals surface area contributed by atoms with Crippen LogP contribution in [0.25, 0.3) is 0 Å². The monoisotopic (exact) mass is 253 g/mol. The molecule has 0 fully saturated rings. The average molecular weight is 253 g/mol. The second-order valence-corrected chi connectivity index (χ2v) is 4.10. The second-order valence-electron chi connectivity index (χ2n) is 4.10. The molecule has 3 heteroatoms. The van der Waals surface area contributed by atoms with Crippen molar-refractivity contribution in [2.45, 2.75) is 6.61 Å². The number of rotatable bonds is 6. The zero-order valence-electron chi connectivity index (χ0n) is 10.6. The molecular formula is C16H15NO2. The second kappa shape index (κ2) is 6.50. The van der Waals surface area contributed by atoms with Crippen molar-refractivity contribution in [3.63, 3.8) is 0 Å². The Morgan fingerprint density at radius 3 is 2.37 bits per heavy atom. The maximum Gasteiger partial charge on any atom is 0.184 e. The Hall–Kier alpha value is -2.42. The van der Waals surface area contributed by atoms with Crippen LogP contribution in [0.1, 0.15) is 15.9 Å². The smallest absolute Gasteiger partial charge is 0.184 e. The van der Waals surface area contributed by atoms with Crippen molar-refractivity contribution in [1.29, 1.82) is 0 Å². The maximum atomic E-state index is 11.6. The van der Waals surface area contributed by atoms with E-state index in [1.807, 2.05) is 30.3 Å². The van der Waals surface area contributed by atoms with Gasteiger partial charge in [0.2, 0.25) is 0 Å². The predicted molar refractivity (Wildman–Crippen MR) is 76.0 cm³/mol. The molecule has 0 aliphatic carbocycles. The standard InChI is InChI=1S/C16H15NO2/c1-17-11-16(18)14-7-9-15(10-8-14)19-12-13-5-3-2-4-6-13/h2-10H,1,11-12H2. The molecule has 0 atom stereocenters. The Bertz CT molecular complexity index is 547. The molecule has 0 N–H and O–H groups in total. The van der Waals surface area contributed by atoms with Crippen LogP contribution in [-0.2, 0) is 6.61 Å². The summed E-state index contributed by atoms with van der Waals surface area (Å²) in [5.41, 5.74) is 1.73. The first kappa shape index (κ1) is 13.0. The summed E-state index contributed by atoms with van der Waals surface area (Å²) in [6.45, 7) is 3.94. The quantitative estimate of drug-likeness (QED) is 0.586. The summed E-state index contributed by atoms with van der Waals surface area (Å²) >= 11 is 0. The highest BCUT2D eigenvalue weighted by Crippen LogP contribution is 2.14. The molecule has 2 aromatic carbocycles. The number of Topliss-reactive ketones (excluding diaryl/α,β-unsaturated/α-hetero) is 1. The van der Waals surface area contributed by atoms with Crippen LogP contribution in [0.4, 0.5) is 0 Å². The molecule has 0 radical (unpaired) electrons. The molecule has 0 spiro atoms. The lowest BCUT2D eigenvalue weighted by atomic mass is 10.1. The number of nitrogens with zero attached hydrogens (tertiary/aromatic N) is 1. The minimum absolute atomic E-state index is 0.0374. The predicted octanol–water partition coefficient (Wildman–Crippen LogP) is 3.15. The minimum atomic E-state index is -0.0374. The van der Waals surface area contributed by atoms with E-state index in [9.17, 15) is 4.79 Å². The molecule has 2 aromatic rings. The summed E-state index contributed by atoms with van der Waals surface area (Å²) in [4.78, 5) is 15.1. The van der Waals surface area contributed by atoms with E-state index in [-0.39, 0.29) is 12.3 Å². The van der Waals surface area contributed by atoms with Gasteiger partial charge in [-0.25, -0.2) is 0 Å². The molecule has 0 amide bonds. The molecule has 2 rings (SSSR count). The number of ketones is 1. The van der Waals surface area contributed by atoms with Gasteiger partial charge in [0.1, 0.15) is 18.9 Å². The average Bonchev–Trinajstić information content (AvgIpc) is 2.47. The van der Waals surface area contributed by atoms with Gasteiger partial charge in [-0.2, -0.15) is 0 Å². The number of ether oxygens (including phenoxy) is 1. The van der Waals surface area contributed by atoms with E-state index >= 15 is 0 Å². The molecule has 19 heavy (non-hydrogen) atoms. The van der Waals surface area contributed by atoms with Gasteiger partial charge in [0.25, 0.3) is 0 Å². The molecule has 0 bridgehead atoms. The molecule has 0 aliphatic rings. The van der Waals surface area contributed by atoms with Crippen LogP contribution in [0.2, 0.25) is 0 Å². The van der Waals surface area contributed by atoms with E-state index < -0.39 is 0 Å². The lowest BCUT2D eigenvalue weighted by Crippen LogP contribution is -2.02. The van der Waals surface area contributed by atoms with Crippen LogP contribution in [0, 0.1) is 0 Å². The highest BCUT2D eigenvalue weighted by atomic mass is 16.5. The van der Waals surface area contributed by atoms with Crippen LogP contribution in [-0.4, -0.2) is 19.0 Å². The van der Waals surface area contributed by atoms with Gasteiger partial charge in [0, 0.05) is 5.56 Å². The number of aliphatic imine (C=N–C) groups is 1. The topological polar surface area (TPSA) is 38.7 Å². The fourth-order valence-corrected chi connectivity index (χ4v) is 1.67. The summed E-state index contributed by atoms with van der Waals surface area (Å²) in [5.74, 6) is 0.705. The number of carbonyl (C=O) groups is 1. The normalized spacial score (nSPS) is 9.89. The molecule has 0 aliphatic heterocycles. The van der Waals surface area contributed by atoms with Crippen molar-refractivity contribution in [2.24, 2.45) is 4.99 Å². The summed E-state index contributed by atoms with van der Waals surface area (Å²) < 4.78 is 5.64. The number of hydrogen-bond donors (Lipinski definition) is 0. The highest BCUT2D eigenvalue weighted by molar-refractivity contribution is 5.98. The minimum Gasteiger partial charge on any atom is -0.489 e. The zero-order valence-corrected chi connectivity index (χ0v) is 10.6. The first-order valence-corrected chi connectivity index (χ1v) is 6.02. The van der Waals surface area contributed by atoms with E-state index in [0.29, 0.717) is 12.2 Å². The molecule has 0 saturated carbocycles. The SMILES string of the molecule is C=NCC(=O)c1ccc(OCc2ccccc2)cc1. The van der Waals surface area contributed by atoms with E-state index in [4.69, 9.17) is 4.74 Å². The van der Waals surface area contributed by atoms with Crippen LogP contribution in [0.5, 0.6) is 5.75 Å². The third-order valence-electron chi connectivity index (χ3n) is 2.68. The zero-order chi connectivity index (χ0) is 13.5. The Kier molecular flexibility index (Phi) is 4.45. The summed E-state index contributed by atoms with van der Waals surface area (Å²) in [6, 6.07) is 17.0. The van der Waals surface area contributed by atoms with Gasteiger partial charge in [0.05, 0.1) is 0 Å². The highest BCUT2D eigenvalue weighted by Gasteiger charge is 2.04. The van der Waals surface area contributed by atoms with Gasteiger partial charge in [-0.05, 0) is 36.5 Å². The maximum absolute atomic E-state index is 11.6. The fourth-order valence-electron chi connectivity index (χ4n) is 1.67. The number of hydrogen-bond acceptors (Lipinski definition) is 3. The van der Waals surface area contributed by atoms with Gasteiger partial charge in [-0.3, -0.25) is 9.79 Å². The summed E-state index contributed by atoms with van der Waals surface area (Å²) in [7, 11) is 0. The van der Waals surface area contributed by atoms with Gasteiger partial charge in [-0.1, -0.05) is 30.3 Å². The molecule has 96 valence electrons. The van der Waals surface area contributed by atoms with Gasteiger partial charge < -0.3 is 4.74 Å². The van der Waals surface area contributed by atoms with Crippen LogP contribution >= 0.6 is 0 Å². The molecule has 0 heterocycles. The van der Waals surface area contributed by atoms with Gasteiger partial charge >= 0.3 is 0 Å². The Labute approximate surface area is 112 Å². The van der Waals surface area contributed by atoms with Gasteiger partial charge in [-0.15, -0.1) is 0 Å². The van der Waals surface area contributed by atoms with Gasteiger partial charge in [0.15, 0.2) is 5.78 Å². The third-order valence-corrected chi connectivity index (χ3v) is 2.68. The Morgan fingerprint density at radius 2 is 1.74 bits per heavy atom. The number of benzene rings is 2. The van der Waals surface area contributed by atoms with Crippen molar-refractivity contribution in [2.75, 3.05) is 6.54 Å². The Balaban J connectivity index is 1.95. The summed E-state index contributed by atoms with van der Waals surface area (Å²) in [5, 5.41) is 0. The van der Waals surface area contributed by atoms with Crippen molar-refractivity contribution < 1.29 is 9.53 Å². The van der Waals surface area contributed by atoms with Crippen LogP contribution in [0.15, 0.2) is 59.6 Å². The Morgan fingerprint density at radius 1 is 1.05 bits per heavy atom. The molecule has 0 aromatic heterocycles. The fraction of sp³-hybridized carbons (Fsp3) is 0.125. The molecule has 0 unspecified atom stereocenters.